The smallest absolute Gasteiger partial charge is 0.0829 e. The number of nitrogens with zero attached hydrogens (tertiary/aromatic N) is 2. The predicted octanol–water partition coefficient (Wildman–Crippen LogP) is 2.91. The van der Waals surface area contributed by atoms with Crippen LogP contribution in [0.5, 0.6) is 0 Å². The molecule has 0 bridgehead atoms. The second-order valence-electron chi connectivity index (χ2n) is 4.84. The molecule has 0 radical (unpaired) electrons. The van der Waals surface area contributed by atoms with Crippen molar-refractivity contribution in [3.05, 3.63) is 30.1 Å². The van der Waals surface area contributed by atoms with E-state index in [9.17, 15) is 5.26 Å². The van der Waals surface area contributed by atoms with Gasteiger partial charge < -0.3 is 0 Å². The number of nitriles is 1. The van der Waals surface area contributed by atoms with Gasteiger partial charge in [-0.1, -0.05) is 13.8 Å². The molecule has 0 aliphatic heterocycles. The van der Waals surface area contributed by atoms with Gasteiger partial charge in [-0.15, -0.1) is 0 Å². The Morgan fingerprint density at radius 3 is 2.47 bits per heavy atom. The maximum atomic E-state index is 9.32. The van der Waals surface area contributed by atoms with Crippen LogP contribution in [0.3, 0.4) is 0 Å². The third-order valence-corrected chi connectivity index (χ3v) is 3.61. The van der Waals surface area contributed by atoms with Crippen molar-refractivity contribution >= 4 is 0 Å². The molecule has 0 saturated heterocycles. The van der Waals surface area contributed by atoms with Crippen molar-refractivity contribution in [1.29, 1.82) is 5.26 Å². The second-order valence-corrected chi connectivity index (χ2v) is 4.84. The lowest BCUT2D eigenvalue weighted by atomic mass is 9.57. The minimum atomic E-state index is -0.224. The molecule has 2 nitrogen and oxygen atoms in total. The quantitative estimate of drug-likeness (QED) is 0.736. The molecule has 1 aliphatic rings. The number of aromatic nitrogens is 1. The zero-order valence-corrected chi connectivity index (χ0v) is 9.27. The summed E-state index contributed by atoms with van der Waals surface area (Å²) in [4.78, 5) is 4.00. The lowest BCUT2D eigenvalue weighted by molar-refractivity contribution is 0.145. The van der Waals surface area contributed by atoms with E-state index in [0.29, 0.717) is 11.8 Å². The normalized spacial score (nSPS) is 29.6. The van der Waals surface area contributed by atoms with Crippen LogP contribution in [0.2, 0.25) is 0 Å². The fraction of sp³-hybridized carbons (Fsp3) is 0.538. The molecule has 0 aromatic carbocycles. The van der Waals surface area contributed by atoms with Gasteiger partial charge >= 0.3 is 0 Å². The molecule has 2 heteroatoms. The first kappa shape index (κ1) is 10.2. The molecule has 0 amide bonds. The Morgan fingerprint density at radius 2 is 2.00 bits per heavy atom. The second kappa shape index (κ2) is 3.66. The first-order chi connectivity index (χ1) is 7.18. The molecule has 1 aromatic heterocycles. The Hall–Kier alpha value is -1.36. The highest BCUT2D eigenvalue weighted by atomic mass is 14.6. The van der Waals surface area contributed by atoms with Crippen LogP contribution < -0.4 is 0 Å². The van der Waals surface area contributed by atoms with E-state index >= 15 is 0 Å². The fourth-order valence-electron chi connectivity index (χ4n) is 2.37. The summed E-state index contributed by atoms with van der Waals surface area (Å²) in [5, 5.41) is 9.32. The van der Waals surface area contributed by atoms with Crippen LogP contribution in [0.25, 0.3) is 0 Å². The van der Waals surface area contributed by atoms with E-state index in [1.165, 1.54) is 0 Å². The number of rotatable bonds is 2. The molecular formula is C13H16N2. The van der Waals surface area contributed by atoms with Crippen LogP contribution >= 0.6 is 0 Å². The maximum Gasteiger partial charge on any atom is 0.0829 e. The average molecular weight is 200 g/mol. The molecular weight excluding hydrogens is 184 g/mol. The summed E-state index contributed by atoms with van der Waals surface area (Å²) in [6, 6.07) is 6.43. The van der Waals surface area contributed by atoms with Gasteiger partial charge in [-0.25, -0.2) is 0 Å². The monoisotopic (exact) mass is 200 g/mol. The molecule has 0 N–H and O–H groups in total. The van der Waals surface area contributed by atoms with Gasteiger partial charge in [0.2, 0.25) is 0 Å². The lowest BCUT2D eigenvalue weighted by Gasteiger charge is -2.45. The molecule has 1 saturated carbocycles. The molecule has 1 fully saturated rings. The van der Waals surface area contributed by atoms with Crippen LogP contribution in [0.15, 0.2) is 24.5 Å². The average Bonchev–Trinajstić information content (AvgIpc) is 2.18. The first-order valence-electron chi connectivity index (χ1n) is 5.50. The maximum absolute atomic E-state index is 9.32. The van der Waals surface area contributed by atoms with E-state index in [1.54, 1.807) is 12.4 Å². The number of pyridine rings is 1. The molecule has 78 valence electrons. The van der Waals surface area contributed by atoms with Crippen LogP contribution in [0.1, 0.15) is 32.3 Å². The van der Waals surface area contributed by atoms with Gasteiger partial charge in [0.15, 0.2) is 0 Å². The summed E-state index contributed by atoms with van der Waals surface area (Å²) < 4.78 is 0. The van der Waals surface area contributed by atoms with Crippen molar-refractivity contribution < 1.29 is 0 Å². The third kappa shape index (κ3) is 1.63. The Bertz CT molecular complexity index is 369. The molecule has 1 aromatic rings. The van der Waals surface area contributed by atoms with Gasteiger partial charge in [0.1, 0.15) is 0 Å². The zero-order valence-electron chi connectivity index (χ0n) is 9.27. The highest BCUT2D eigenvalue weighted by Crippen LogP contribution is 2.49. The van der Waals surface area contributed by atoms with Gasteiger partial charge in [-0.3, -0.25) is 4.98 Å². The summed E-state index contributed by atoms with van der Waals surface area (Å²) in [6.45, 7) is 4.47. The SMILES string of the molecule is CC(C)C1CC(C#N)(c2ccncc2)C1. The number of hydrogen-bond acceptors (Lipinski definition) is 2. The summed E-state index contributed by atoms with van der Waals surface area (Å²) in [7, 11) is 0. The first-order valence-corrected chi connectivity index (χ1v) is 5.50. The molecule has 1 aliphatic carbocycles. The molecule has 15 heavy (non-hydrogen) atoms. The van der Waals surface area contributed by atoms with E-state index < -0.39 is 0 Å². The van der Waals surface area contributed by atoms with Gasteiger partial charge in [0.25, 0.3) is 0 Å². The summed E-state index contributed by atoms with van der Waals surface area (Å²) in [5.41, 5.74) is 0.912. The van der Waals surface area contributed by atoms with Crippen LogP contribution in [-0.2, 0) is 5.41 Å². The van der Waals surface area contributed by atoms with E-state index in [0.717, 1.165) is 18.4 Å². The minimum absolute atomic E-state index is 0.224. The molecule has 1 heterocycles. The Balaban J connectivity index is 2.19. The van der Waals surface area contributed by atoms with Crippen molar-refractivity contribution in [2.24, 2.45) is 11.8 Å². The van der Waals surface area contributed by atoms with Crippen molar-refractivity contribution in [3.63, 3.8) is 0 Å². The van der Waals surface area contributed by atoms with Crippen molar-refractivity contribution in [2.75, 3.05) is 0 Å². The third-order valence-electron chi connectivity index (χ3n) is 3.61. The zero-order chi connectivity index (χ0) is 10.9. The number of hydrogen-bond donors (Lipinski definition) is 0. The molecule has 0 unspecified atom stereocenters. The topological polar surface area (TPSA) is 36.7 Å². The van der Waals surface area contributed by atoms with Crippen LogP contribution in [0, 0.1) is 23.2 Å². The van der Waals surface area contributed by atoms with Gasteiger partial charge in [-0.05, 0) is 42.4 Å². The van der Waals surface area contributed by atoms with Crippen molar-refractivity contribution in [1.82, 2.24) is 4.98 Å². The van der Waals surface area contributed by atoms with E-state index in [-0.39, 0.29) is 5.41 Å². The fourth-order valence-corrected chi connectivity index (χ4v) is 2.37. The van der Waals surface area contributed by atoms with Crippen molar-refractivity contribution in [2.45, 2.75) is 32.1 Å². The lowest BCUT2D eigenvalue weighted by Crippen LogP contribution is -2.42. The van der Waals surface area contributed by atoms with Crippen LogP contribution in [0.4, 0.5) is 0 Å². The Morgan fingerprint density at radius 1 is 1.40 bits per heavy atom. The standard InChI is InChI=1S/C13H16N2/c1-10(2)11-7-13(8-11,9-14)12-3-5-15-6-4-12/h3-6,10-11H,7-8H2,1-2H3. The van der Waals surface area contributed by atoms with Crippen LogP contribution in [-0.4, -0.2) is 4.98 Å². The van der Waals surface area contributed by atoms with Crippen molar-refractivity contribution in [3.8, 4) is 6.07 Å². The van der Waals surface area contributed by atoms with Gasteiger partial charge in [0.05, 0.1) is 11.5 Å². The van der Waals surface area contributed by atoms with E-state index in [2.05, 4.69) is 24.9 Å². The van der Waals surface area contributed by atoms with E-state index in [1.807, 2.05) is 12.1 Å². The summed E-state index contributed by atoms with van der Waals surface area (Å²) in [6.07, 6.45) is 5.56. The summed E-state index contributed by atoms with van der Waals surface area (Å²) >= 11 is 0. The largest absolute Gasteiger partial charge is 0.265 e. The Labute approximate surface area is 91.0 Å². The molecule has 2 rings (SSSR count). The van der Waals surface area contributed by atoms with E-state index in [4.69, 9.17) is 0 Å². The highest BCUT2D eigenvalue weighted by Gasteiger charge is 2.46. The van der Waals surface area contributed by atoms with Gasteiger partial charge in [0, 0.05) is 12.4 Å². The molecule has 0 atom stereocenters. The highest BCUT2D eigenvalue weighted by molar-refractivity contribution is 5.34. The molecule has 0 spiro atoms. The summed E-state index contributed by atoms with van der Waals surface area (Å²) in [5.74, 6) is 1.39. The Kier molecular flexibility index (Phi) is 2.48. The van der Waals surface area contributed by atoms with Gasteiger partial charge in [-0.2, -0.15) is 5.26 Å². The minimum Gasteiger partial charge on any atom is -0.265 e. The predicted molar refractivity (Wildman–Crippen MR) is 59.1 cm³/mol.